The van der Waals surface area contributed by atoms with Gasteiger partial charge in [-0.1, -0.05) is 70.4 Å². The van der Waals surface area contributed by atoms with Gasteiger partial charge in [0.25, 0.3) is 0 Å². The van der Waals surface area contributed by atoms with Crippen molar-refractivity contribution in [3.05, 3.63) is 12.2 Å². The van der Waals surface area contributed by atoms with E-state index in [9.17, 15) is 4.79 Å². The van der Waals surface area contributed by atoms with Crippen molar-refractivity contribution in [1.29, 1.82) is 0 Å². The molecule has 0 aromatic heterocycles. The Morgan fingerprint density at radius 1 is 0.625 bits per heavy atom. The SMILES string of the molecule is CCCCCCCC/C=C\CCCCCCCC(=O)O.OCC(O)CO.OCC(O)CO. The summed E-state index contributed by atoms with van der Waals surface area (Å²) in [5.74, 6) is -0.664. The average molecular weight is 467 g/mol. The summed E-state index contributed by atoms with van der Waals surface area (Å²) in [6.07, 6.45) is 19.3. The minimum absolute atomic E-state index is 0.332. The van der Waals surface area contributed by atoms with Crippen molar-refractivity contribution < 1.29 is 40.5 Å². The third-order valence-corrected chi connectivity index (χ3v) is 4.50. The minimum Gasteiger partial charge on any atom is -0.481 e. The molecule has 0 aliphatic rings. The van der Waals surface area contributed by atoms with Crippen molar-refractivity contribution in [2.75, 3.05) is 26.4 Å². The Hall–Kier alpha value is -1.03. The Balaban J connectivity index is -0.000000571. The van der Waals surface area contributed by atoms with E-state index >= 15 is 0 Å². The number of hydrogen-bond acceptors (Lipinski definition) is 7. The summed E-state index contributed by atoms with van der Waals surface area (Å²) in [4.78, 5) is 10.3. The highest BCUT2D eigenvalue weighted by molar-refractivity contribution is 5.66. The fourth-order valence-corrected chi connectivity index (χ4v) is 2.46. The summed E-state index contributed by atoms with van der Waals surface area (Å²) in [7, 11) is 0. The van der Waals surface area contributed by atoms with E-state index in [1.807, 2.05) is 0 Å². The lowest BCUT2D eigenvalue weighted by molar-refractivity contribution is -0.137. The Kier molecular flexibility index (Phi) is 35.7. The van der Waals surface area contributed by atoms with Crippen LogP contribution in [0.5, 0.6) is 0 Å². The molecule has 0 atom stereocenters. The highest BCUT2D eigenvalue weighted by Gasteiger charge is 1.96. The van der Waals surface area contributed by atoms with Crippen LogP contribution in [0.3, 0.4) is 0 Å². The Morgan fingerprint density at radius 3 is 1.28 bits per heavy atom. The minimum atomic E-state index is -0.954. The number of rotatable bonds is 19. The number of aliphatic hydroxyl groups excluding tert-OH is 6. The van der Waals surface area contributed by atoms with Crippen molar-refractivity contribution in [3.63, 3.8) is 0 Å². The number of carboxylic acid groups (broad SMARTS) is 1. The van der Waals surface area contributed by atoms with E-state index in [1.54, 1.807) is 0 Å². The van der Waals surface area contributed by atoms with Gasteiger partial charge in [0.2, 0.25) is 0 Å². The molecule has 7 N–H and O–H groups in total. The summed E-state index contributed by atoms with van der Waals surface area (Å²) < 4.78 is 0. The molecule has 0 fully saturated rings. The average Bonchev–Trinajstić information content (AvgIpc) is 2.81. The lowest BCUT2D eigenvalue weighted by atomic mass is 10.1. The number of carboxylic acids is 1. The van der Waals surface area contributed by atoms with E-state index in [2.05, 4.69) is 19.1 Å². The summed E-state index contributed by atoms with van der Waals surface area (Å²) in [5, 5.41) is 56.5. The first-order valence-corrected chi connectivity index (χ1v) is 12.1. The number of allylic oxidation sites excluding steroid dienone is 2. The Labute approximate surface area is 194 Å². The predicted octanol–water partition coefficient (Wildman–Crippen LogP) is 2.77. The topological polar surface area (TPSA) is 159 Å². The van der Waals surface area contributed by atoms with E-state index in [4.69, 9.17) is 35.7 Å². The molecule has 0 aliphatic heterocycles. The molecule has 32 heavy (non-hydrogen) atoms. The van der Waals surface area contributed by atoms with Crippen molar-refractivity contribution in [3.8, 4) is 0 Å². The second-order valence-electron chi connectivity index (χ2n) is 7.77. The van der Waals surface area contributed by atoms with Crippen molar-refractivity contribution >= 4 is 5.97 Å². The van der Waals surface area contributed by atoms with Crippen LogP contribution >= 0.6 is 0 Å². The zero-order valence-electron chi connectivity index (χ0n) is 20.1. The monoisotopic (exact) mass is 466 g/mol. The summed E-state index contributed by atoms with van der Waals surface area (Å²) in [6.45, 7) is 0.800. The third kappa shape index (κ3) is 39.4. The number of aliphatic carboxylic acids is 1. The molecule has 0 bridgehead atoms. The van der Waals surface area contributed by atoms with Gasteiger partial charge in [-0.15, -0.1) is 0 Å². The van der Waals surface area contributed by atoms with Gasteiger partial charge in [-0.25, -0.2) is 0 Å². The van der Waals surface area contributed by atoms with Crippen LogP contribution in [0.25, 0.3) is 0 Å². The molecule has 0 saturated carbocycles. The second-order valence-corrected chi connectivity index (χ2v) is 7.77. The molecule has 0 aliphatic carbocycles. The fraction of sp³-hybridized carbons (Fsp3) is 0.875. The normalized spacial score (nSPS) is 10.8. The number of aliphatic hydroxyl groups is 6. The number of hydrogen-bond donors (Lipinski definition) is 7. The maximum Gasteiger partial charge on any atom is 0.303 e. The van der Waals surface area contributed by atoms with Gasteiger partial charge < -0.3 is 35.7 Å². The lowest BCUT2D eigenvalue weighted by Crippen LogP contribution is -2.15. The van der Waals surface area contributed by atoms with Crippen LogP contribution in [0.15, 0.2) is 12.2 Å². The van der Waals surface area contributed by atoms with Crippen molar-refractivity contribution in [1.82, 2.24) is 0 Å². The quantitative estimate of drug-likeness (QED) is 0.113. The van der Waals surface area contributed by atoms with Gasteiger partial charge >= 0.3 is 5.97 Å². The van der Waals surface area contributed by atoms with Gasteiger partial charge in [-0.05, 0) is 32.1 Å². The van der Waals surface area contributed by atoms with E-state index in [1.165, 1.54) is 70.6 Å². The molecule has 8 nitrogen and oxygen atoms in total. The van der Waals surface area contributed by atoms with E-state index < -0.39 is 18.2 Å². The van der Waals surface area contributed by atoms with E-state index in [-0.39, 0.29) is 26.4 Å². The van der Waals surface area contributed by atoms with Crippen LogP contribution in [0.1, 0.15) is 96.8 Å². The van der Waals surface area contributed by atoms with Gasteiger partial charge in [0.1, 0.15) is 12.2 Å². The van der Waals surface area contributed by atoms with Crippen LogP contribution < -0.4 is 0 Å². The van der Waals surface area contributed by atoms with Crippen LogP contribution in [0, 0.1) is 0 Å². The first-order chi connectivity index (χ1) is 15.4. The Morgan fingerprint density at radius 2 is 0.969 bits per heavy atom. The van der Waals surface area contributed by atoms with Crippen molar-refractivity contribution in [2.24, 2.45) is 0 Å². The smallest absolute Gasteiger partial charge is 0.303 e. The van der Waals surface area contributed by atoms with Gasteiger partial charge in [-0.3, -0.25) is 4.79 Å². The predicted molar refractivity (Wildman–Crippen MR) is 127 cm³/mol. The maximum atomic E-state index is 10.3. The van der Waals surface area contributed by atoms with Gasteiger partial charge in [0, 0.05) is 6.42 Å². The molecule has 0 aromatic rings. The molecule has 0 spiro atoms. The van der Waals surface area contributed by atoms with E-state index in [0.29, 0.717) is 6.42 Å². The lowest BCUT2D eigenvalue weighted by Gasteiger charge is -1.99. The number of unbranched alkanes of at least 4 members (excludes halogenated alkanes) is 11. The summed E-state index contributed by atoms with van der Waals surface area (Å²) in [6, 6.07) is 0. The van der Waals surface area contributed by atoms with Crippen LogP contribution in [-0.4, -0.2) is 80.4 Å². The van der Waals surface area contributed by atoms with Gasteiger partial charge in [0.15, 0.2) is 0 Å². The van der Waals surface area contributed by atoms with Crippen LogP contribution in [0.2, 0.25) is 0 Å². The first kappa shape index (κ1) is 35.6. The molecule has 8 heteroatoms. The zero-order valence-corrected chi connectivity index (χ0v) is 20.1. The first-order valence-electron chi connectivity index (χ1n) is 12.1. The zero-order chi connectivity index (χ0) is 24.9. The summed E-state index contributed by atoms with van der Waals surface area (Å²) >= 11 is 0. The molecule has 0 heterocycles. The third-order valence-electron chi connectivity index (χ3n) is 4.50. The number of carbonyl (C=O) groups is 1. The summed E-state index contributed by atoms with van der Waals surface area (Å²) in [5.41, 5.74) is 0. The fourth-order valence-electron chi connectivity index (χ4n) is 2.46. The van der Waals surface area contributed by atoms with Crippen molar-refractivity contribution in [2.45, 2.75) is 109 Å². The molecule has 0 aromatic carbocycles. The van der Waals surface area contributed by atoms with Crippen LogP contribution in [-0.2, 0) is 4.79 Å². The second kappa shape index (κ2) is 32.2. The molecule has 0 rings (SSSR count). The molecular weight excluding hydrogens is 416 g/mol. The van der Waals surface area contributed by atoms with Gasteiger partial charge in [-0.2, -0.15) is 0 Å². The molecule has 0 radical (unpaired) electrons. The highest BCUT2D eigenvalue weighted by atomic mass is 16.4. The largest absolute Gasteiger partial charge is 0.481 e. The van der Waals surface area contributed by atoms with Crippen LogP contribution in [0.4, 0.5) is 0 Å². The molecule has 194 valence electrons. The molecule has 0 saturated heterocycles. The Bertz CT molecular complexity index is 359. The van der Waals surface area contributed by atoms with E-state index in [0.717, 1.165) is 12.8 Å². The highest BCUT2D eigenvalue weighted by Crippen LogP contribution is 2.09. The molecular formula is C24H50O8. The molecule has 0 amide bonds. The molecule has 0 unspecified atom stereocenters. The standard InChI is InChI=1S/C18H34O2.2C3H8O3/c1-2-3-4-5-6-7-8-9-10-11-12-13-14-15-16-17-18(19)20;2*4-1-3(6)2-5/h9-10H,2-8,11-17H2,1H3,(H,19,20);2*3-6H,1-2H2/b10-9-;;. The maximum absolute atomic E-state index is 10.3. The van der Waals surface area contributed by atoms with Gasteiger partial charge in [0.05, 0.1) is 26.4 Å².